The number of benzene rings is 2. The van der Waals surface area contributed by atoms with Gasteiger partial charge in [0.25, 0.3) is 11.8 Å². The zero-order valence-corrected chi connectivity index (χ0v) is 17.2. The van der Waals surface area contributed by atoms with Gasteiger partial charge in [-0.15, -0.1) is 0 Å². The monoisotopic (exact) mass is 421 g/mol. The molecule has 0 radical (unpaired) electrons. The van der Waals surface area contributed by atoms with Crippen LogP contribution in [0.2, 0.25) is 10.0 Å². The van der Waals surface area contributed by atoms with Crippen molar-refractivity contribution >= 4 is 41.2 Å². The van der Waals surface area contributed by atoms with E-state index in [0.717, 1.165) is 0 Å². The van der Waals surface area contributed by atoms with Crippen molar-refractivity contribution in [2.45, 2.75) is 19.9 Å². The molecule has 0 aliphatic heterocycles. The molecule has 0 bridgehead atoms. The second-order valence-electron chi connectivity index (χ2n) is 6.30. The van der Waals surface area contributed by atoms with Crippen LogP contribution >= 0.6 is 23.2 Å². The van der Waals surface area contributed by atoms with Gasteiger partial charge < -0.3 is 10.1 Å². The molecule has 0 spiro atoms. The standard InChI is InChI=1S/C20H21Cl2N3O3/c1-12(2)18(24-19(26)15-9-8-14(21)10-16(15)22)20(27)25-23-11-13-6-4-5-7-17(13)28-3/h4-12,18H,1-3H3,(H,24,26)(H,25,27). The van der Waals surface area contributed by atoms with Crippen molar-refractivity contribution in [2.75, 3.05) is 7.11 Å². The Kier molecular flexibility index (Phi) is 7.84. The Morgan fingerprint density at radius 1 is 1.14 bits per heavy atom. The molecule has 2 aromatic rings. The molecular weight excluding hydrogens is 401 g/mol. The van der Waals surface area contributed by atoms with Gasteiger partial charge in [0.2, 0.25) is 0 Å². The summed E-state index contributed by atoms with van der Waals surface area (Å²) in [5.41, 5.74) is 3.40. The van der Waals surface area contributed by atoms with Crippen molar-refractivity contribution in [2.24, 2.45) is 11.0 Å². The maximum absolute atomic E-state index is 12.5. The van der Waals surface area contributed by atoms with E-state index >= 15 is 0 Å². The molecule has 2 rings (SSSR count). The van der Waals surface area contributed by atoms with Crippen molar-refractivity contribution in [3.05, 3.63) is 63.6 Å². The normalized spacial score (nSPS) is 12.1. The van der Waals surface area contributed by atoms with Crippen LogP contribution in [0.4, 0.5) is 0 Å². The van der Waals surface area contributed by atoms with Gasteiger partial charge in [0.1, 0.15) is 11.8 Å². The molecule has 0 saturated carbocycles. The molecule has 148 valence electrons. The van der Waals surface area contributed by atoms with E-state index in [9.17, 15) is 9.59 Å². The highest BCUT2D eigenvalue weighted by molar-refractivity contribution is 6.36. The Balaban J connectivity index is 2.07. The molecule has 0 aliphatic carbocycles. The molecule has 28 heavy (non-hydrogen) atoms. The van der Waals surface area contributed by atoms with Crippen LogP contribution in [0.3, 0.4) is 0 Å². The van der Waals surface area contributed by atoms with Crippen molar-refractivity contribution < 1.29 is 14.3 Å². The van der Waals surface area contributed by atoms with E-state index < -0.39 is 17.9 Å². The lowest BCUT2D eigenvalue weighted by atomic mass is 10.0. The topological polar surface area (TPSA) is 79.8 Å². The lowest BCUT2D eigenvalue weighted by Gasteiger charge is -2.20. The maximum Gasteiger partial charge on any atom is 0.262 e. The molecule has 2 aromatic carbocycles. The molecule has 0 fully saturated rings. The zero-order valence-electron chi connectivity index (χ0n) is 15.7. The molecule has 0 aromatic heterocycles. The third kappa shape index (κ3) is 5.71. The summed E-state index contributed by atoms with van der Waals surface area (Å²) >= 11 is 11.9. The molecule has 2 N–H and O–H groups in total. The first kappa shape index (κ1) is 21.7. The smallest absolute Gasteiger partial charge is 0.262 e. The van der Waals surface area contributed by atoms with Gasteiger partial charge in [-0.2, -0.15) is 5.10 Å². The number of nitrogens with one attached hydrogen (secondary N) is 2. The number of para-hydroxylation sites is 1. The highest BCUT2D eigenvalue weighted by Crippen LogP contribution is 2.21. The number of rotatable bonds is 7. The predicted octanol–water partition coefficient (Wildman–Crippen LogP) is 3.91. The number of amides is 2. The van der Waals surface area contributed by atoms with E-state index in [-0.39, 0.29) is 16.5 Å². The molecule has 1 unspecified atom stereocenters. The van der Waals surface area contributed by atoms with Gasteiger partial charge in [-0.05, 0) is 36.2 Å². The minimum Gasteiger partial charge on any atom is -0.496 e. The number of carbonyl (C=O) groups excluding carboxylic acids is 2. The van der Waals surface area contributed by atoms with Crippen LogP contribution in [0.15, 0.2) is 47.6 Å². The van der Waals surface area contributed by atoms with Crippen LogP contribution in [0.25, 0.3) is 0 Å². The maximum atomic E-state index is 12.5. The van der Waals surface area contributed by atoms with Crippen LogP contribution in [0, 0.1) is 5.92 Å². The summed E-state index contributed by atoms with van der Waals surface area (Å²) in [6, 6.07) is 11.0. The van der Waals surface area contributed by atoms with Crippen molar-refractivity contribution in [1.82, 2.24) is 10.7 Å². The summed E-state index contributed by atoms with van der Waals surface area (Å²) in [5.74, 6) is -0.452. The molecule has 0 aliphatic rings. The van der Waals surface area contributed by atoms with Gasteiger partial charge in [0.05, 0.1) is 23.9 Å². The number of hydrazone groups is 1. The number of ether oxygens (including phenoxy) is 1. The van der Waals surface area contributed by atoms with Gasteiger partial charge in [-0.3, -0.25) is 9.59 Å². The fourth-order valence-corrected chi connectivity index (χ4v) is 2.93. The van der Waals surface area contributed by atoms with E-state index in [0.29, 0.717) is 16.3 Å². The second kappa shape index (κ2) is 10.1. The average molecular weight is 422 g/mol. The highest BCUT2D eigenvalue weighted by atomic mass is 35.5. The van der Waals surface area contributed by atoms with Crippen LogP contribution < -0.4 is 15.5 Å². The van der Waals surface area contributed by atoms with Crippen LogP contribution in [-0.2, 0) is 4.79 Å². The first-order chi connectivity index (χ1) is 13.3. The number of halogens is 2. The van der Waals surface area contributed by atoms with Crippen LogP contribution in [0.1, 0.15) is 29.8 Å². The molecule has 0 saturated heterocycles. The average Bonchev–Trinajstić information content (AvgIpc) is 2.65. The third-order valence-corrected chi connectivity index (χ3v) is 4.48. The van der Waals surface area contributed by atoms with Gasteiger partial charge in [-0.25, -0.2) is 5.43 Å². The minimum absolute atomic E-state index is 0.170. The van der Waals surface area contributed by atoms with Gasteiger partial charge in [-0.1, -0.05) is 49.2 Å². The summed E-state index contributed by atoms with van der Waals surface area (Å²) in [5, 5.41) is 7.28. The number of methoxy groups -OCH3 is 1. The van der Waals surface area contributed by atoms with Gasteiger partial charge in [0, 0.05) is 10.6 Å². The zero-order chi connectivity index (χ0) is 20.7. The quantitative estimate of drug-likeness (QED) is 0.525. The van der Waals surface area contributed by atoms with E-state index in [2.05, 4.69) is 15.8 Å². The fourth-order valence-electron chi connectivity index (χ4n) is 2.44. The molecular formula is C20H21Cl2N3O3. The Morgan fingerprint density at radius 2 is 1.86 bits per heavy atom. The first-order valence-electron chi connectivity index (χ1n) is 8.55. The summed E-state index contributed by atoms with van der Waals surface area (Å²) in [6.07, 6.45) is 1.48. The van der Waals surface area contributed by atoms with Gasteiger partial charge in [0.15, 0.2) is 0 Å². The second-order valence-corrected chi connectivity index (χ2v) is 7.14. The van der Waals surface area contributed by atoms with Crippen molar-refractivity contribution in [3.8, 4) is 5.75 Å². The van der Waals surface area contributed by atoms with Crippen molar-refractivity contribution in [3.63, 3.8) is 0 Å². The van der Waals surface area contributed by atoms with E-state index in [1.807, 2.05) is 26.0 Å². The number of hydrogen-bond acceptors (Lipinski definition) is 4. The van der Waals surface area contributed by atoms with E-state index in [1.165, 1.54) is 18.3 Å². The lowest BCUT2D eigenvalue weighted by molar-refractivity contribution is -0.123. The Morgan fingerprint density at radius 3 is 2.50 bits per heavy atom. The van der Waals surface area contributed by atoms with Gasteiger partial charge >= 0.3 is 0 Å². The summed E-state index contributed by atoms with van der Waals surface area (Å²) < 4.78 is 5.23. The number of nitrogens with zero attached hydrogens (tertiary/aromatic N) is 1. The summed E-state index contributed by atoms with van der Waals surface area (Å²) in [4.78, 5) is 25.0. The fraction of sp³-hybridized carbons (Fsp3) is 0.250. The minimum atomic E-state index is -0.797. The molecule has 0 heterocycles. The molecule has 6 nitrogen and oxygen atoms in total. The van der Waals surface area contributed by atoms with Crippen LogP contribution in [0.5, 0.6) is 5.75 Å². The molecule has 1 atom stereocenters. The largest absolute Gasteiger partial charge is 0.496 e. The molecule has 2 amide bonds. The number of carbonyl (C=O) groups is 2. The third-order valence-electron chi connectivity index (χ3n) is 3.93. The Bertz CT molecular complexity index is 885. The lowest BCUT2D eigenvalue weighted by Crippen LogP contribution is -2.48. The highest BCUT2D eigenvalue weighted by Gasteiger charge is 2.25. The van der Waals surface area contributed by atoms with E-state index in [4.69, 9.17) is 27.9 Å². The SMILES string of the molecule is COc1ccccc1C=NNC(=O)C(NC(=O)c1ccc(Cl)cc1Cl)C(C)C. The number of hydrogen-bond donors (Lipinski definition) is 2. The summed E-state index contributed by atoms with van der Waals surface area (Å²) in [6.45, 7) is 3.63. The van der Waals surface area contributed by atoms with Crippen molar-refractivity contribution in [1.29, 1.82) is 0 Å². The summed E-state index contributed by atoms with van der Waals surface area (Å²) in [7, 11) is 1.55. The predicted molar refractivity (Wildman–Crippen MR) is 111 cm³/mol. The Labute approximate surface area is 173 Å². The Hall–Kier alpha value is -2.57. The van der Waals surface area contributed by atoms with E-state index in [1.54, 1.807) is 25.3 Å². The molecule has 8 heteroatoms. The first-order valence-corrected chi connectivity index (χ1v) is 9.31. The van der Waals surface area contributed by atoms with Crippen LogP contribution in [-0.4, -0.2) is 31.2 Å².